The molecule has 1 saturated heterocycles. The Labute approximate surface area is 176 Å². The number of pyridine rings is 1. The quantitative estimate of drug-likeness (QED) is 0.719. The molecule has 6 nitrogen and oxygen atoms in total. The predicted molar refractivity (Wildman–Crippen MR) is 114 cm³/mol. The highest BCUT2D eigenvalue weighted by Gasteiger charge is 2.44. The molecule has 0 atom stereocenters. The van der Waals surface area contributed by atoms with Crippen LogP contribution in [0.15, 0.2) is 36.7 Å². The SMILES string of the molecule is CCCS(=O)(=O)N1CC(c2cncc(N3C(=O)c4ccc(Cl)cc4C3(C)C)c2)C1. The van der Waals surface area contributed by atoms with Gasteiger partial charge in [-0.3, -0.25) is 14.7 Å². The maximum Gasteiger partial charge on any atom is 0.259 e. The molecular weight excluding hydrogens is 410 g/mol. The summed E-state index contributed by atoms with van der Waals surface area (Å²) in [6.07, 6.45) is 4.05. The molecule has 0 radical (unpaired) electrons. The molecule has 2 aromatic rings. The van der Waals surface area contributed by atoms with Gasteiger partial charge in [0.25, 0.3) is 5.91 Å². The molecule has 0 aliphatic carbocycles. The van der Waals surface area contributed by atoms with E-state index >= 15 is 0 Å². The number of amides is 1. The van der Waals surface area contributed by atoms with Crippen molar-refractivity contribution < 1.29 is 13.2 Å². The van der Waals surface area contributed by atoms with Gasteiger partial charge in [-0.05, 0) is 55.7 Å². The summed E-state index contributed by atoms with van der Waals surface area (Å²) in [5.74, 6) is 0.183. The summed E-state index contributed by atoms with van der Waals surface area (Å²) >= 11 is 6.16. The number of carbonyl (C=O) groups excluding carboxylic acids is 1. The lowest BCUT2D eigenvalue weighted by molar-refractivity contribution is 0.0982. The standard InChI is InChI=1S/C21H24ClN3O3S/c1-4-7-29(27,28)24-12-15(13-24)14-8-17(11-23-10-14)25-20(26)18-6-5-16(22)9-19(18)21(25,2)3/h5-6,8-11,15H,4,7,12-13H2,1-3H3. The number of fused-ring (bicyclic) bond motifs is 1. The fourth-order valence-electron chi connectivity index (χ4n) is 4.20. The second kappa shape index (κ2) is 7.07. The van der Waals surface area contributed by atoms with Gasteiger partial charge >= 0.3 is 0 Å². The summed E-state index contributed by atoms with van der Waals surface area (Å²) in [7, 11) is -3.17. The van der Waals surface area contributed by atoms with E-state index in [9.17, 15) is 13.2 Å². The molecule has 0 bridgehead atoms. The summed E-state index contributed by atoms with van der Waals surface area (Å²) in [4.78, 5) is 19.2. The number of rotatable bonds is 5. The van der Waals surface area contributed by atoms with Crippen LogP contribution < -0.4 is 4.90 Å². The third kappa shape index (κ3) is 3.35. The molecule has 0 N–H and O–H groups in total. The van der Waals surface area contributed by atoms with E-state index in [1.54, 1.807) is 29.4 Å². The highest BCUT2D eigenvalue weighted by atomic mass is 35.5. The van der Waals surface area contributed by atoms with Crippen molar-refractivity contribution in [3.05, 3.63) is 58.4 Å². The Kier molecular flexibility index (Phi) is 4.96. The third-order valence-corrected chi connectivity index (χ3v) is 8.06. The van der Waals surface area contributed by atoms with Crippen molar-refractivity contribution in [3.63, 3.8) is 0 Å². The van der Waals surface area contributed by atoms with Gasteiger partial charge in [-0.1, -0.05) is 18.5 Å². The van der Waals surface area contributed by atoms with Gasteiger partial charge < -0.3 is 0 Å². The molecule has 1 aromatic carbocycles. The van der Waals surface area contributed by atoms with Gasteiger partial charge in [0.2, 0.25) is 10.0 Å². The molecule has 154 valence electrons. The van der Waals surface area contributed by atoms with Crippen molar-refractivity contribution in [2.75, 3.05) is 23.7 Å². The van der Waals surface area contributed by atoms with Crippen LogP contribution in [0.1, 0.15) is 54.6 Å². The van der Waals surface area contributed by atoms with Crippen molar-refractivity contribution in [3.8, 4) is 0 Å². The zero-order chi connectivity index (χ0) is 21.0. The first-order valence-corrected chi connectivity index (χ1v) is 11.7. The molecule has 29 heavy (non-hydrogen) atoms. The number of carbonyl (C=O) groups is 1. The van der Waals surface area contributed by atoms with Crippen LogP contribution in [-0.2, 0) is 15.6 Å². The van der Waals surface area contributed by atoms with Crippen LogP contribution in [0.3, 0.4) is 0 Å². The van der Waals surface area contributed by atoms with Crippen LogP contribution in [0.2, 0.25) is 5.02 Å². The Morgan fingerprint density at radius 1 is 1.21 bits per heavy atom. The van der Waals surface area contributed by atoms with Crippen molar-refractivity contribution in [2.24, 2.45) is 0 Å². The van der Waals surface area contributed by atoms with E-state index in [1.807, 2.05) is 32.9 Å². The van der Waals surface area contributed by atoms with Crippen LogP contribution in [0.25, 0.3) is 0 Å². The summed E-state index contributed by atoms with van der Waals surface area (Å²) in [5, 5.41) is 0.598. The molecule has 0 saturated carbocycles. The van der Waals surface area contributed by atoms with Gasteiger partial charge in [-0.25, -0.2) is 12.7 Å². The van der Waals surface area contributed by atoms with Gasteiger partial charge in [0, 0.05) is 35.8 Å². The Balaban J connectivity index is 1.60. The van der Waals surface area contributed by atoms with E-state index < -0.39 is 15.6 Å². The minimum Gasteiger partial charge on any atom is -0.297 e. The first-order chi connectivity index (χ1) is 13.6. The second-order valence-corrected chi connectivity index (χ2v) is 10.7. The van der Waals surface area contributed by atoms with Crippen LogP contribution in [0.5, 0.6) is 0 Å². The Morgan fingerprint density at radius 2 is 1.93 bits per heavy atom. The summed E-state index contributed by atoms with van der Waals surface area (Å²) in [5.41, 5.74) is 2.63. The van der Waals surface area contributed by atoms with E-state index in [-0.39, 0.29) is 17.6 Å². The smallest absolute Gasteiger partial charge is 0.259 e. The second-order valence-electron chi connectivity index (χ2n) is 8.20. The minimum atomic E-state index is -3.17. The molecule has 8 heteroatoms. The number of halogens is 1. The number of nitrogens with zero attached hydrogens (tertiary/aromatic N) is 3. The molecule has 0 spiro atoms. The molecule has 2 aliphatic heterocycles. The van der Waals surface area contributed by atoms with Crippen molar-refractivity contribution >= 4 is 33.2 Å². The maximum atomic E-state index is 13.1. The topological polar surface area (TPSA) is 70.6 Å². The van der Waals surface area contributed by atoms with E-state index in [4.69, 9.17) is 11.6 Å². The zero-order valence-electron chi connectivity index (χ0n) is 16.7. The van der Waals surface area contributed by atoms with Crippen molar-refractivity contribution in [1.82, 2.24) is 9.29 Å². The van der Waals surface area contributed by atoms with Gasteiger partial charge in [-0.15, -0.1) is 0 Å². The van der Waals surface area contributed by atoms with Crippen molar-refractivity contribution in [2.45, 2.75) is 38.6 Å². The Hall–Kier alpha value is -1.96. The molecule has 0 unspecified atom stereocenters. The first kappa shape index (κ1) is 20.3. The monoisotopic (exact) mass is 433 g/mol. The van der Waals surface area contributed by atoms with Crippen LogP contribution in [0.4, 0.5) is 5.69 Å². The molecule has 1 aromatic heterocycles. The molecule has 4 rings (SSSR count). The van der Waals surface area contributed by atoms with E-state index in [1.165, 1.54) is 4.31 Å². The summed E-state index contributed by atoms with van der Waals surface area (Å²) in [6.45, 7) is 6.76. The van der Waals surface area contributed by atoms with Gasteiger partial charge in [-0.2, -0.15) is 0 Å². The van der Waals surface area contributed by atoms with Gasteiger partial charge in [0.1, 0.15) is 0 Å². The zero-order valence-corrected chi connectivity index (χ0v) is 18.3. The number of aromatic nitrogens is 1. The lowest BCUT2D eigenvalue weighted by Crippen LogP contribution is -2.49. The number of benzene rings is 1. The fourth-order valence-corrected chi connectivity index (χ4v) is 5.96. The van der Waals surface area contributed by atoms with Gasteiger partial charge in [0.15, 0.2) is 0 Å². The fraction of sp³-hybridized carbons (Fsp3) is 0.429. The van der Waals surface area contributed by atoms with Crippen molar-refractivity contribution in [1.29, 1.82) is 0 Å². The number of sulfonamides is 1. The van der Waals surface area contributed by atoms with E-state index in [0.29, 0.717) is 35.8 Å². The molecule has 1 fully saturated rings. The molecule has 3 heterocycles. The summed E-state index contributed by atoms with van der Waals surface area (Å²) < 4.78 is 25.9. The first-order valence-electron chi connectivity index (χ1n) is 9.72. The summed E-state index contributed by atoms with van der Waals surface area (Å²) in [6, 6.07) is 7.29. The highest BCUT2D eigenvalue weighted by Crippen LogP contribution is 2.43. The lowest BCUT2D eigenvalue weighted by Gasteiger charge is -2.39. The largest absolute Gasteiger partial charge is 0.297 e. The lowest BCUT2D eigenvalue weighted by atomic mass is 9.92. The molecule has 2 aliphatic rings. The predicted octanol–water partition coefficient (Wildman–Crippen LogP) is 3.77. The highest BCUT2D eigenvalue weighted by molar-refractivity contribution is 7.89. The van der Waals surface area contributed by atoms with E-state index in [2.05, 4.69) is 4.98 Å². The van der Waals surface area contributed by atoms with Crippen LogP contribution in [0, 0.1) is 0 Å². The maximum absolute atomic E-state index is 13.1. The Bertz CT molecular complexity index is 1080. The van der Waals surface area contributed by atoms with Crippen LogP contribution in [-0.4, -0.2) is 42.5 Å². The van der Waals surface area contributed by atoms with E-state index in [0.717, 1.165) is 11.1 Å². The number of anilines is 1. The Morgan fingerprint density at radius 3 is 2.62 bits per heavy atom. The number of hydrogen-bond acceptors (Lipinski definition) is 4. The number of hydrogen-bond donors (Lipinski definition) is 0. The minimum absolute atomic E-state index is 0.0821. The average molecular weight is 434 g/mol. The van der Waals surface area contributed by atoms with Gasteiger partial charge in [0.05, 0.1) is 23.2 Å². The third-order valence-electron chi connectivity index (χ3n) is 5.81. The normalized spacial score (nSPS) is 19.3. The average Bonchev–Trinajstić information content (AvgIpc) is 2.79. The molecule has 1 amide bonds. The van der Waals surface area contributed by atoms with Crippen LogP contribution >= 0.6 is 11.6 Å². The molecular formula is C21H24ClN3O3S.